The molecule has 0 radical (unpaired) electrons. The van der Waals surface area contributed by atoms with Gasteiger partial charge in [-0.2, -0.15) is 0 Å². The van der Waals surface area contributed by atoms with Crippen LogP contribution in [0.5, 0.6) is 0 Å². The van der Waals surface area contributed by atoms with Crippen LogP contribution < -0.4 is 0 Å². The lowest BCUT2D eigenvalue weighted by Gasteiger charge is -2.46. The summed E-state index contributed by atoms with van der Waals surface area (Å²) < 4.78 is 8.19. The third-order valence-corrected chi connectivity index (χ3v) is 6.70. The smallest absolute Gasteiger partial charge is 0.294 e. The molecule has 0 aliphatic carbocycles. The van der Waals surface area contributed by atoms with E-state index in [0.717, 1.165) is 5.69 Å². The lowest BCUT2D eigenvalue weighted by Crippen LogP contribution is -2.62. The molecule has 10 heteroatoms. The van der Waals surface area contributed by atoms with E-state index >= 15 is 0 Å². The first-order valence-corrected chi connectivity index (χ1v) is 10.9. The zero-order chi connectivity index (χ0) is 21.5. The molecule has 156 valence electrons. The third kappa shape index (κ3) is 3.93. The lowest BCUT2D eigenvalue weighted by molar-refractivity contribution is 0.0149. The maximum Gasteiger partial charge on any atom is 0.294 e. The van der Waals surface area contributed by atoms with E-state index < -0.39 is 5.54 Å². The highest BCUT2D eigenvalue weighted by molar-refractivity contribution is 9.13. The Morgan fingerprint density at radius 1 is 1.10 bits per heavy atom. The number of benzene rings is 1. The van der Waals surface area contributed by atoms with Gasteiger partial charge in [-0.3, -0.25) is 9.59 Å². The summed E-state index contributed by atoms with van der Waals surface area (Å²) in [5.74, 6) is -0.100. The second-order valence-electron chi connectivity index (χ2n) is 7.58. The van der Waals surface area contributed by atoms with E-state index in [4.69, 9.17) is 4.42 Å². The zero-order valence-corrected chi connectivity index (χ0v) is 19.6. The van der Waals surface area contributed by atoms with E-state index in [1.54, 1.807) is 20.5 Å². The number of hydrogen-bond donors (Lipinski definition) is 0. The maximum atomic E-state index is 13.1. The van der Waals surface area contributed by atoms with Crippen LogP contribution >= 0.6 is 31.9 Å². The summed E-state index contributed by atoms with van der Waals surface area (Å²) in [6.07, 6.45) is 1.53. The monoisotopic (exact) mass is 535 g/mol. The number of nitrogens with zero attached hydrogens (tertiary/aromatic N) is 5. The summed E-state index contributed by atoms with van der Waals surface area (Å²) in [7, 11) is 0. The van der Waals surface area contributed by atoms with Gasteiger partial charge in [0.25, 0.3) is 11.8 Å². The summed E-state index contributed by atoms with van der Waals surface area (Å²) >= 11 is 6.58. The van der Waals surface area contributed by atoms with Crippen molar-refractivity contribution < 1.29 is 14.0 Å². The van der Waals surface area contributed by atoms with E-state index in [-0.39, 0.29) is 23.4 Å². The number of halogens is 2. The molecule has 30 heavy (non-hydrogen) atoms. The molecular formula is C20H19Br2N5O3. The quantitative estimate of drug-likeness (QED) is 0.509. The van der Waals surface area contributed by atoms with Gasteiger partial charge in [-0.05, 0) is 57.8 Å². The number of aromatic nitrogens is 3. The van der Waals surface area contributed by atoms with Crippen molar-refractivity contribution in [2.45, 2.75) is 19.4 Å². The van der Waals surface area contributed by atoms with Gasteiger partial charge in [0.2, 0.25) is 5.82 Å². The first-order valence-electron chi connectivity index (χ1n) is 9.29. The standard InChI is InChI=1S/C20H19Br2N5O3/c1-20(2)11-25(18(28)15-10-14(21)16(22)30-15)8-9-26(20)19(29)17-23-12-27(24-17)13-6-4-3-5-7-13/h3-7,10,12H,8-9,11H2,1-2H3. The van der Waals surface area contributed by atoms with Crippen LogP contribution in [0.3, 0.4) is 0 Å². The molecule has 0 bridgehead atoms. The van der Waals surface area contributed by atoms with Crippen LogP contribution in [-0.2, 0) is 0 Å². The van der Waals surface area contributed by atoms with Crippen LogP contribution in [0.4, 0.5) is 0 Å². The highest BCUT2D eigenvalue weighted by Crippen LogP contribution is 2.29. The van der Waals surface area contributed by atoms with Crippen molar-refractivity contribution in [2.75, 3.05) is 19.6 Å². The predicted octanol–water partition coefficient (Wildman–Crippen LogP) is 3.76. The molecule has 3 heterocycles. The first kappa shape index (κ1) is 20.8. The van der Waals surface area contributed by atoms with Gasteiger partial charge in [-0.25, -0.2) is 9.67 Å². The van der Waals surface area contributed by atoms with E-state index in [1.165, 1.54) is 6.33 Å². The molecule has 0 saturated carbocycles. The van der Waals surface area contributed by atoms with E-state index in [2.05, 4.69) is 41.9 Å². The van der Waals surface area contributed by atoms with Crippen LogP contribution in [0.1, 0.15) is 35.0 Å². The summed E-state index contributed by atoms with van der Waals surface area (Å²) in [6, 6.07) is 11.1. The minimum atomic E-state index is -0.593. The summed E-state index contributed by atoms with van der Waals surface area (Å²) in [5.41, 5.74) is 0.235. The maximum absolute atomic E-state index is 13.1. The Bertz CT molecular complexity index is 1070. The first-order chi connectivity index (χ1) is 14.3. The van der Waals surface area contributed by atoms with Crippen molar-refractivity contribution in [3.8, 4) is 5.69 Å². The van der Waals surface area contributed by atoms with Gasteiger partial charge in [0.05, 0.1) is 15.7 Å². The Kier molecular flexibility index (Phi) is 5.54. The minimum Gasteiger partial charge on any atom is -0.443 e. The molecule has 1 aromatic carbocycles. The molecular weight excluding hydrogens is 518 g/mol. The van der Waals surface area contributed by atoms with Crippen molar-refractivity contribution in [3.05, 3.63) is 63.5 Å². The molecule has 0 spiro atoms. The Labute approximate surface area is 190 Å². The number of rotatable bonds is 3. The number of furan rings is 1. The normalized spacial score (nSPS) is 16.0. The third-order valence-electron chi connectivity index (χ3n) is 4.99. The zero-order valence-electron chi connectivity index (χ0n) is 16.4. The SMILES string of the molecule is CC1(C)CN(C(=O)c2cc(Br)c(Br)o2)CCN1C(=O)c1ncn(-c2ccccc2)n1. The van der Waals surface area contributed by atoms with Gasteiger partial charge in [0.15, 0.2) is 10.4 Å². The fourth-order valence-corrected chi connectivity index (χ4v) is 4.08. The van der Waals surface area contributed by atoms with Gasteiger partial charge < -0.3 is 14.2 Å². The van der Waals surface area contributed by atoms with Crippen molar-refractivity contribution in [1.29, 1.82) is 0 Å². The molecule has 0 N–H and O–H groups in total. The Morgan fingerprint density at radius 3 is 2.47 bits per heavy atom. The van der Waals surface area contributed by atoms with Crippen LogP contribution in [0.25, 0.3) is 5.69 Å². The average molecular weight is 537 g/mol. The van der Waals surface area contributed by atoms with Gasteiger partial charge in [0, 0.05) is 25.7 Å². The number of carbonyl (C=O) groups excluding carboxylic acids is 2. The molecule has 1 fully saturated rings. The van der Waals surface area contributed by atoms with Crippen LogP contribution in [0.15, 0.2) is 56.3 Å². The van der Waals surface area contributed by atoms with E-state index in [0.29, 0.717) is 28.8 Å². The molecule has 8 nitrogen and oxygen atoms in total. The second-order valence-corrected chi connectivity index (χ2v) is 9.15. The summed E-state index contributed by atoms with van der Waals surface area (Å²) in [4.78, 5) is 33.5. The number of hydrogen-bond acceptors (Lipinski definition) is 5. The van der Waals surface area contributed by atoms with Crippen LogP contribution in [0, 0.1) is 0 Å². The molecule has 1 aliphatic heterocycles. The molecule has 1 saturated heterocycles. The van der Waals surface area contributed by atoms with E-state index in [9.17, 15) is 9.59 Å². The molecule has 2 aromatic heterocycles. The second kappa shape index (κ2) is 7.99. The van der Waals surface area contributed by atoms with Crippen molar-refractivity contribution >= 4 is 43.7 Å². The van der Waals surface area contributed by atoms with Crippen molar-refractivity contribution in [3.63, 3.8) is 0 Å². The summed E-state index contributed by atoms with van der Waals surface area (Å²) in [5, 5.41) is 4.34. The number of para-hydroxylation sites is 1. The molecule has 0 atom stereocenters. The molecule has 1 aliphatic rings. The Balaban J connectivity index is 1.49. The number of amides is 2. The lowest BCUT2D eigenvalue weighted by atomic mass is 9.98. The fourth-order valence-electron chi connectivity index (χ4n) is 3.50. The summed E-state index contributed by atoms with van der Waals surface area (Å²) in [6.45, 7) is 4.98. The topological polar surface area (TPSA) is 84.5 Å². The van der Waals surface area contributed by atoms with Gasteiger partial charge in [0.1, 0.15) is 6.33 Å². The molecule has 2 amide bonds. The van der Waals surface area contributed by atoms with E-state index in [1.807, 2.05) is 44.2 Å². The fraction of sp³-hybridized carbons (Fsp3) is 0.300. The highest BCUT2D eigenvalue weighted by Gasteiger charge is 2.40. The van der Waals surface area contributed by atoms with Gasteiger partial charge in [-0.1, -0.05) is 18.2 Å². The molecule has 4 rings (SSSR count). The number of piperazine rings is 1. The van der Waals surface area contributed by atoms with Gasteiger partial charge in [-0.15, -0.1) is 5.10 Å². The molecule has 0 unspecified atom stereocenters. The Hall–Kier alpha value is -2.46. The Morgan fingerprint density at radius 2 is 1.83 bits per heavy atom. The predicted molar refractivity (Wildman–Crippen MR) is 116 cm³/mol. The van der Waals surface area contributed by atoms with Gasteiger partial charge >= 0.3 is 0 Å². The highest BCUT2D eigenvalue weighted by atomic mass is 79.9. The largest absolute Gasteiger partial charge is 0.443 e. The molecule has 3 aromatic rings. The minimum absolute atomic E-state index is 0.130. The average Bonchev–Trinajstić information content (AvgIpc) is 3.34. The van der Waals surface area contributed by atoms with Crippen molar-refractivity contribution in [1.82, 2.24) is 24.6 Å². The van der Waals surface area contributed by atoms with Crippen molar-refractivity contribution in [2.24, 2.45) is 0 Å². The number of carbonyl (C=O) groups is 2. The van der Waals surface area contributed by atoms with Crippen LogP contribution in [0.2, 0.25) is 0 Å². The van der Waals surface area contributed by atoms with Crippen LogP contribution in [-0.4, -0.2) is 61.6 Å².